The molecule has 0 radical (unpaired) electrons. The molecule has 1 aromatic heterocycles. The number of rotatable bonds is 6. The highest BCUT2D eigenvalue weighted by atomic mass is 35.5. The van der Waals surface area contributed by atoms with E-state index in [-0.39, 0.29) is 0 Å². The summed E-state index contributed by atoms with van der Waals surface area (Å²) in [5.41, 5.74) is 2.03. The van der Waals surface area contributed by atoms with E-state index in [1.54, 1.807) is 0 Å². The number of aromatic nitrogens is 2. The summed E-state index contributed by atoms with van der Waals surface area (Å²) in [6.07, 6.45) is 2.42. The van der Waals surface area contributed by atoms with E-state index in [1.807, 2.05) is 11.6 Å². The number of halogens is 1. The van der Waals surface area contributed by atoms with Gasteiger partial charge in [0.05, 0.1) is 16.4 Å². The van der Waals surface area contributed by atoms with Gasteiger partial charge in [0.25, 0.3) is 0 Å². The fourth-order valence-corrected chi connectivity index (χ4v) is 1.75. The van der Waals surface area contributed by atoms with E-state index in [0.717, 1.165) is 36.0 Å². The Hall–Kier alpha value is -0.540. The molecular weight excluding hydrogens is 210 g/mol. The summed E-state index contributed by atoms with van der Waals surface area (Å²) in [7, 11) is 0. The first-order chi connectivity index (χ1) is 7.20. The van der Waals surface area contributed by atoms with Gasteiger partial charge in [0.2, 0.25) is 0 Å². The molecule has 0 atom stereocenters. The molecule has 0 aliphatic heterocycles. The maximum Gasteiger partial charge on any atom is 0.0860 e. The number of nitrogens with one attached hydrogen (secondary N) is 1. The smallest absolute Gasteiger partial charge is 0.0860 e. The molecule has 15 heavy (non-hydrogen) atoms. The van der Waals surface area contributed by atoms with Crippen LogP contribution in [0.3, 0.4) is 0 Å². The maximum atomic E-state index is 6.18. The second-order valence-electron chi connectivity index (χ2n) is 3.69. The Morgan fingerprint density at radius 3 is 2.73 bits per heavy atom. The average Bonchev–Trinajstić information content (AvgIpc) is 2.51. The zero-order chi connectivity index (χ0) is 11.3. The van der Waals surface area contributed by atoms with Gasteiger partial charge in [0.15, 0.2) is 0 Å². The van der Waals surface area contributed by atoms with Crippen molar-refractivity contribution in [2.75, 3.05) is 6.54 Å². The van der Waals surface area contributed by atoms with Crippen LogP contribution < -0.4 is 5.32 Å². The number of unbranched alkanes of at least 4 members (excludes halogenated alkanes) is 1. The molecule has 1 N–H and O–H groups in total. The summed E-state index contributed by atoms with van der Waals surface area (Å²) in [6.45, 7) is 8.95. The molecular formula is C11H20ClN3. The third-order valence-electron chi connectivity index (χ3n) is 2.45. The van der Waals surface area contributed by atoms with Crippen LogP contribution >= 0.6 is 11.6 Å². The van der Waals surface area contributed by atoms with Crippen molar-refractivity contribution in [3.8, 4) is 0 Å². The molecule has 0 unspecified atom stereocenters. The minimum atomic E-state index is 0.806. The molecule has 0 saturated carbocycles. The van der Waals surface area contributed by atoms with Crippen LogP contribution in [0, 0.1) is 6.92 Å². The summed E-state index contributed by atoms with van der Waals surface area (Å²) >= 11 is 6.18. The monoisotopic (exact) mass is 229 g/mol. The highest BCUT2D eigenvalue weighted by Crippen LogP contribution is 2.19. The van der Waals surface area contributed by atoms with Crippen LogP contribution in [0.15, 0.2) is 0 Å². The van der Waals surface area contributed by atoms with Gasteiger partial charge in [-0.05, 0) is 26.8 Å². The molecule has 0 aliphatic rings. The average molecular weight is 230 g/mol. The van der Waals surface area contributed by atoms with Gasteiger partial charge in [-0.3, -0.25) is 4.68 Å². The molecule has 86 valence electrons. The SMILES string of the molecule is CCCCNCc1c(Cl)c(C)nn1CC. The lowest BCUT2D eigenvalue weighted by molar-refractivity contribution is 0.569. The van der Waals surface area contributed by atoms with Crippen molar-refractivity contribution in [3.05, 3.63) is 16.4 Å². The zero-order valence-corrected chi connectivity index (χ0v) is 10.6. The Morgan fingerprint density at radius 1 is 1.40 bits per heavy atom. The molecule has 0 aromatic carbocycles. The summed E-state index contributed by atoms with van der Waals surface area (Å²) in [5.74, 6) is 0. The Morgan fingerprint density at radius 2 is 2.13 bits per heavy atom. The third kappa shape index (κ3) is 3.21. The standard InChI is InChI=1S/C11H20ClN3/c1-4-6-7-13-8-10-11(12)9(3)14-15(10)5-2/h13H,4-8H2,1-3H3. The molecule has 0 fully saturated rings. The van der Waals surface area contributed by atoms with Gasteiger partial charge in [-0.1, -0.05) is 24.9 Å². The second kappa shape index (κ2) is 6.13. The summed E-state index contributed by atoms with van der Waals surface area (Å²) in [5, 5.41) is 8.56. The minimum absolute atomic E-state index is 0.806. The predicted octanol–water partition coefficient (Wildman–Crippen LogP) is 2.75. The zero-order valence-electron chi connectivity index (χ0n) is 9.81. The first-order valence-corrected chi connectivity index (χ1v) is 6.01. The molecule has 0 bridgehead atoms. The largest absolute Gasteiger partial charge is 0.311 e. The number of aryl methyl sites for hydroxylation is 2. The van der Waals surface area contributed by atoms with Gasteiger partial charge < -0.3 is 5.32 Å². The maximum absolute atomic E-state index is 6.18. The molecule has 1 rings (SSSR count). The van der Waals surface area contributed by atoms with Crippen LogP contribution in [0.5, 0.6) is 0 Å². The highest BCUT2D eigenvalue weighted by molar-refractivity contribution is 6.31. The van der Waals surface area contributed by atoms with Crippen LogP contribution in [0.1, 0.15) is 38.1 Å². The molecule has 0 aliphatic carbocycles. The summed E-state index contributed by atoms with van der Waals surface area (Å²) < 4.78 is 1.97. The van der Waals surface area contributed by atoms with Crippen molar-refractivity contribution in [2.24, 2.45) is 0 Å². The molecule has 1 aromatic rings. The Bertz CT molecular complexity index is 307. The fraction of sp³-hybridized carbons (Fsp3) is 0.727. The van der Waals surface area contributed by atoms with Gasteiger partial charge in [-0.15, -0.1) is 0 Å². The fourth-order valence-electron chi connectivity index (χ4n) is 1.55. The first kappa shape index (κ1) is 12.5. The Balaban J connectivity index is 2.58. The van der Waals surface area contributed by atoms with Crippen LogP contribution in [0.2, 0.25) is 5.02 Å². The lowest BCUT2D eigenvalue weighted by Crippen LogP contribution is -2.17. The Kier molecular flexibility index (Phi) is 5.12. The van der Waals surface area contributed by atoms with Gasteiger partial charge in [0.1, 0.15) is 0 Å². The first-order valence-electron chi connectivity index (χ1n) is 5.63. The van der Waals surface area contributed by atoms with E-state index in [1.165, 1.54) is 12.8 Å². The summed E-state index contributed by atoms with van der Waals surface area (Å²) in [4.78, 5) is 0. The second-order valence-corrected chi connectivity index (χ2v) is 4.07. The summed E-state index contributed by atoms with van der Waals surface area (Å²) in [6, 6.07) is 0. The number of hydrogen-bond acceptors (Lipinski definition) is 2. The van der Waals surface area contributed by atoms with Crippen molar-refractivity contribution < 1.29 is 0 Å². The van der Waals surface area contributed by atoms with E-state index in [4.69, 9.17) is 11.6 Å². The molecule has 3 nitrogen and oxygen atoms in total. The van der Waals surface area contributed by atoms with Crippen molar-refractivity contribution in [2.45, 2.75) is 46.7 Å². The van der Waals surface area contributed by atoms with E-state index in [2.05, 4.69) is 24.3 Å². The predicted molar refractivity (Wildman–Crippen MR) is 64.3 cm³/mol. The van der Waals surface area contributed by atoms with Crippen molar-refractivity contribution >= 4 is 11.6 Å². The number of hydrogen-bond donors (Lipinski definition) is 1. The lowest BCUT2D eigenvalue weighted by atomic mass is 10.3. The van der Waals surface area contributed by atoms with Gasteiger partial charge in [-0.25, -0.2) is 0 Å². The van der Waals surface area contributed by atoms with Crippen molar-refractivity contribution in [1.29, 1.82) is 0 Å². The molecule has 0 amide bonds. The van der Waals surface area contributed by atoms with E-state index < -0.39 is 0 Å². The third-order valence-corrected chi connectivity index (χ3v) is 2.94. The molecule has 4 heteroatoms. The lowest BCUT2D eigenvalue weighted by Gasteiger charge is -2.06. The van der Waals surface area contributed by atoms with Crippen LogP contribution in [-0.2, 0) is 13.1 Å². The van der Waals surface area contributed by atoms with Gasteiger partial charge in [-0.2, -0.15) is 5.10 Å². The highest BCUT2D eigenvalue weighted by Gasteiger charge is 2.11. The molecule has 0 saturated heterocycles. The van der Waals surface area contributed by atoms with Gasteiger partial charge >= 0.3 is 0 Å². The molecule has 0 spiro atoms. The van der Waals surface area contributed by atoms with E-state index in [9.17, 15) is 0 Å². The molecule has 1 heterocycles. The van der Waals surface area contributed by atoms with Crippen molar-refractivity contribution in [1.82, 2.24) is 15.1 Å². The van der Waals surface area contributed by atoms with Crippen LogP contribution in [-0.4, -0.2) is 16.3 Å². The van der Waals surface area contributed by atoms with Crippen LogP contribution in [0.4, 0.5) is 0 Å². The van der Waals surface area contributed by atoms with E-state index >= 15 is 0 Å². The van der Waals surface area contributed by atoms with Gasteiger partial charge in [0, 0.05) is 13.1 Å². The van der Waals surface area contributed by atoms with E-state index in [0.29, 0.717) is 0 Å². The normalized spacial score (nSPS) is 10.9. The Labute approximate surface area is 96.8 Å². The van der Waals surface area contributed by atoms with Crippen LogP contribution in [0.25, 0.3) is 0 Å². The topological polar surface area (TPSA) is 29.9 Å². The van der Waals surface area contributed by atoms with Crippen molar-refractivity contribution in [3.63, 3.8) is 0 Å². The minimum Gasteiger partial charge on any atom is -0.311 e. The quantitative estimate of drug-likeness (QED) is 0.761. The number of nitrogens with zero attached hydrogens (tertiary/aromatic N) is 2.